The highest BCUT2D eigenvalue weighted by atomic mass is 19.1. The average Bonchev–Trinajstić information content (AvgIpc) is 3.03. The molecule has 3 aromatic rings. The van der Waals surface area contributed by atoms with Gasteiger partial charge in [0.25, 0.3) is 5.56 Å². The molecule has 9 heteroatoms. The highest BCUT2D eigenvalue weighted by Gasteiger charge is 2.25. The maximum absolute atomic E-state index is 13.2. The summed E-state index contributed by atoms with van der Waals surface area (Å²) < 4.78 is 24.7. The van der Waals surface area contributed by atoms with Gasteiger partial charge in [-0.2, -0.15) is 0 Å². The highest BCUT2D eigenvalue weighted by Crippen LogP contribution is 2.22. The van der Waals surface area contributed by atoms with Crippen molar-refractivity contribution >= 4 is 28.7 Å². The molecule has 3 rings (SSSR count). The molecule has 0 aliphatic heterocycles. The number of carbonyl (C=O) groups excluding carboxylic acids is 2. The quantitative estimate of drug-likeness (QED) is 0.590. The molecule has 0 N–H and O–H groups in total. The van der Waals surface area contributed by atoms with Crippen LogP contribution in [0.1, 0.15) is 30.0 Å². The zero-order valence-corrected chi connectivity index (χ0v) is 16.3. The van der Waals surface area contributed by atoms with E-state index in [9.17, 15) is 18.8 Å². The van der Waals surface area contributed by atoms with Crippen molar-refractivity contribution in [2.45, 2.75) is 27.3 Å². The summed E-state index contributed by atoms with van der Waals surface area (Å²) in [6.07, 6.45) is 1.19. The minimum Gasteiger partial charge on any atom is -0.462 e. The van der Waals surface area contributed by atoms with Gasteiger partial charge in [-0.25, -0.2) is 14.2 Å². The van der Waals surface area contributed by atoms with Gasteiger partial charge in [0.2, 0.25) is 11.6 Å². The fourth-order valence-electron chi connectivity index (χ4n) is 3.05. The van der Waals surface area contributed by atoms with Gasteiger partial charge in [-0.3, -0.25) is 14.2 Å². The number of hydrogen-bond donors (Lipinski definition) is 0. The molecule has 0 saturated heterocycles. The molecule has 1 amide bonds. The van der Waals surface area contributed by atoms with Crippen LogP contribution in [0.4, 0.5) is 10.1 Å². The van der Waals surface area contributed by atoms with E-state index in [1.54, 1.807) is 13.8 Å². The van der Waals surface area contributed by atoms with E-state index in [2.05, 4.69) is 4.98 Å². The van der Waals surface area contributed by atoms with Gasteiger partial charge in [-0.05, 0) is 45.0 Å². The summed E-state index contributed by atoms with van der Waals surface area (Å²) in [5.41, 5.74) is -0.0667. The van der Waals surface area contributed by atoms with E-state index in [0.29, 0.717) is 12.2 Å². The van der Waals surface area contributed by atoms with Crippen LogP contribution >= 0.6 is 0 Å². The number of nitrogens with zero attached hydrogens (tertiary/aromatic N) is 3. The van der Waals surface area contributed by atoms with Gasteiger partial charge in [0.15, 0.2) is 0 Å². The number of benzene rings is 1. The number of halogens is 1. The monoisotopic (exact) mass is 401 g/mol. The number of fused-ring (bicyclic) bond motifs is 1. The third-order valence-corrected chi connectivity index (χ3v) is 4.40. The molecule has 29 heavy (non-hydrogen) atoms. The molecular formula is C20H20FN3O5. The van der Waals surface area contributed by atoms with Gasteiger partial charge >= 0.3 is 5.97 Å². The number of ether oxygens (including phenoxy) is 1. The van der Waals surface area contributed by atoms with E-state index in [0.717, 1.165) is 4.57 Å². The number of aromatic nitrogens is 2. The Hall–Kier alpha value is -3.49. The predicted molar refractivity (Wildman–Crippen MR) is 103 cm³/mol. The lowest BCUT2D eigenvalue weighted by Gasteiger charge is -2.21. The van der Waals surface area contributed by atoms with E-state index in [4.69, 9.17) is 9.15 Å². The van der Waals surface area contributed by atoms with Crippen LogP contribution in [0.2, 0.25) is 0 Å². The van der Waals surface area contributed by atoms with Crippen LogP contribution < -0.4 is 10.5 Å². The number of esters is 1. The van der Waals surface area contributed by atoms with Crippen LogP contribution in [0, 0.1) is 12.7 Å². The Bertz CT molecular complexity index is 1120. The minimum absolute atomic E-state index is 0.00475. The van der Waals surface area contributed by atoms with E-state index in [-0.39, 0.29) is 41.5 Å². The van der Waals surface area contributed by atoms with Crippen molar-refractivity contribution in [1.29, 1.82) is 0 Å². The number of likely N-dealkylation sites (N-methyl/N-ethyl adjacent to an activating group) is 1. The SMILES string of the molecule is CCOC(=O)c1c(C)oc2ncn(CC(=O)N(CC)c3ccc(F)cc3)c(=O)c12. The Morgan fingerprint density at radius 2 is 1.93 bits per heavy atom. The molecule has 2 aromatic heterocycles. The second kappa shape index (κ2) is 8.26. The molecule has 1 aromatic carbocycles. The predicted octanol–water partition coefficient (Wildman–Crippen LogP) is 2.67. The fraction of sp³-hybridized carbons (Fsp3) is 0.300. The highest BCUT2D eigenvalue weighted by molar-refractivity contribution is 6.03. The maximum atomic E-state index is 13.2. The zero-order valence-electron chi connectivity index (χ0n) is 16.3. The van der Waals surface area contributed by atoms with Crippen molar-refractivity contribution in [2.24, 2.45) is 0 Å². The van der Waals surface area contributed by atoms with Crippen molar-refractivity contribution in [3.63, 3.8) is 0 Å². The lowest BCUT2D eigenvalue weighted by atomic mass is 10.2. The number of carbonyl (C=O) groups is 2. The van der Waals surface area contributed by atoms with Crippen LogP contribution in [0.15, 0.2) is 39.8 Å². The molecule has 2 heterocycles. The Morgan fingerprint density at radius 3 is 2.55 bits per heavy atom. The first kappa shape index (κ1) is 20.2. The maximum Gasteiger partial charge on any atom is 0.342 e. The van der Waals surface area contributed by atoms with Gasteiger partial charge in [0.1, 0.15) is 35.4 Å². The van der Waals surface area contributed by atoms with Crippen LogP contribution in [-0.4, -0.2) is 34.6 Å². The van der Waals surface area contributed by atoms with Crippen molar-refractivity contribution in [3.05, 3.63) is 58.1 Å². The van der Waals surface area contributed by atoms with E-state index < -0.39 is 17.3 Å². The fourth-order valence-corrected chi connectivity index (χ4v) is 3.05. The van der Waals surface area contributed by atoms with E-state index >= 15 is 0 Å². The Kier molecular flexibility index (Phi) is 5.76. The number of aryl methyl sites for hydroxylation is 1. The molecular weight excluding hydrogens is 381 g/mol. The van der Waals surface area contributed by atoms with Crippen molar-refractivity contribution in [3.8, 4) is 0 Å². The van der Waals surface area contributed by atoms with Crippen molar-refractivity contribution in [1.82, 2.24) is 9.55 Å². The summed E-state index contributed by atoms with van der Waals surface area (Å²) in [4.78, 5) is 43.4. The number of furan rings is 1. The Balaban J connectivity index is 1.97. The largest absolute Gasteiger partial charge is 0.462 e. The lowest BCUT2D eigenvalue weighted by molar-refractivity contribution is -0.119. The van der Waals surface area contributed by atoms with Gasteiger partial charge in [-0.1, -0.05) is 0 Å². The molecule has 152 valence electrons. The first-order valence-electron chi connectivity index (χ1n) is 9.08. The summed E-state index contributed by atoms with van der Waals surface area (Å²) in [6.45, 7) is 5.12. The van der Waals surface area contributed by atoms with E-state index in [1.165, 1.54) is 42.4 Å². The molecule has 0 saturated carbocycles. The first-order valence-corrected chi connectivity index (χ1v) is 9.08. The molecule has 0 fully saturated rings. The Morgan fingerprint density at radius 1 is 1.24 bits per heavy atom. The molecule has 0 radical (unpaired) electrons. The van der Waals surface area contributed by atoms with Gasteiger partial charge < -0.3 is 14.1 Å². The number of anilines is 1. The summed E-state index contributed by atoms with van der Waals surface area (Å²) in [6, 6.07) is 5.48. The summed E-state index contributed by atoms with van der Waals surface area (Å²) in [5.74, 6) is -1.27. The number of amides is 1. The average molecular weight is 401 g/mol. The van der Waals surface area contributed by atoms with Gasteiger partial charge in [0, 0.05) is 12.2 Å². The summed E-state index contributed by atoms with van der Waals surface area (Å²) in [5, 5.41) is -0.0268. The van der Waals surface area contributed by atoms with Crippen LogP contribution in [0.25, 0.3) is 11.1 Å². The van der Waals surface area contributed by atoms with Gasteiger partial charge in [0.05, 0.1) is 6.61 Å². The number of rotatable bonds is 6. The van der Waals surface area contributed by atoms with Crippen molar-refractivity contribution < 1.29 is 23.1 Å². The first-order chi connectivity index (χ1) is 13.9. The number of hydrogen-bond acceptors (Lipinski definition) is 6. The second-order valence-corrected chi connectivity index (χ2v) is 6.23. The molecule has 8 nitrogen and oxygen atoms in total. The zero-order chi connectivity index (χ0) is 21.1. The Labute approximate surface area is 165 Å². The standard InChI is InChI=1S/C20H20FN3O5/c1-4-24(14-8-6-13(21)7-9-14)15(25)10-23-11-22-18-17(19(23)26)16(12(3)29-18)20(27)28-5-2/h6-9,11H,4-5,10H2,1-3H3. The molecule has 0 unspecified atom stereocenters. The third-order valence-electron chi connectivity index (χ3n) is 4.40. The topological polar surface area (TPSA) is 94.6 Å². The van der Waals surface area contributed by atoms with Crippen LogP contribution in [0.5, 0.6) is 0 Å². The van der Waals surface area contributed by atoms with Gasteiger partial charge in [-0.15, -0.1) is 0 Å². The second-order valence-electron chi connectivity index (χ2n) is 6.23. The van der Waals surface area contributed by atoms with Crippen LogP contribution in [0.3, 0.4) is 0 Å². The molecule has 0 spiro atoms. The van der Waals surface area contributed by atoms with Crippen LogP contribution in [-0.2, 0) is 16.1 Å². The summed E-state index contributed by atoms with van der Waals surface area (Å²) in [7, 11) is 0. The molecule has 0 aliphatic rings. The molecule has 0 bridgehead atoms. The molecule has 0 aliphatic carbocycles. The molecule has 0 atom stereocenters. The van der Waals surface area contributed by atoms with Crippen molar-refractivity contribution in [2.75, 3.05) is 18.1 Å². The minimum atomic E-state index is -0.687. The summed E-state index contributed by atoms with van der Waals surface area (Å²) >= 11 is 0. The third kappa shape index (κ3) is 3.89. The lowest BCUT2D eigenvalue weighted by Crippen LogP contribution is -2.36. The normalized spacial score (nSPS) is 10.9. The smallest absolute Gasteiger partial charge is 0.342 e. The van der Waals surface area contributed by atoms with E-state index in [1.807, 2.05) is 0 Å².